The molecule has 1 atom stereocenters. The van der Waals surface area contributed by atoms with Crippen LogP contribution in [0.1, 0.15) is 45.9 Å². The molecule has 20 heavy (non-hydrogen) atoms. The highest BCUT2D eigenvalue weighted by Crippen LogP contribution is 2.21. The predicted octanol–water partition coefficient (Wildman–Crippen LogP) is 2.41. The molecule has 0 aromatic carbocycles. The Kier molecular flexibility index (Phi) is 4.66. The van der Waals surface area contributed by atoms with E-state index in [4.69, 9.17) is 5.73 Å². The number of nitrogens with two attached hydrogens (primary N) is 1. The molecule has 0 spiro atoms. The molecule has 112 valence electrons. The molecule has 1 aliphatic rings. The summed E-state index contributed by atoms with van der Waals surface area (Å²) < 4.78 is 0. The molecule has 1 saturated heterocycles. The van der Waals surface area contributed by atoms with Crippen LogP contribution in [0.3, 0.4) is 0 Å². The van der Waals surface area contributed by atoms with Crippen molar-refractivity contribution >= 4 is 5.69 Å². The zero-order valence-electron chi connectivity index (χ0n) is 13.3. The zero-order chi connectivity index (χ0) is 14.8. The summed E-state index contributed by atoms with van der Waals surface area (Å²) in [6, 6.07) is 4.28. The Balaban J connectivity index is 1.97. The van der Waals surface area contributed by atoms with Crippen LogP contribution in [0.4, 0.5) is 5.69 Å². The Labute approximate surface area is 123 Å². The standard InChI is InChI=1S/C16H28N4/c1-5-14(17)15-7-6-13(12-18-15)19-8-10-20(11-9-19)16(2,3)4/h6-7,12,14H,5,8-11,17H2,1-4H3/t14-/m1/s1. The van der Waals surface area contributed by atoms with Gasteiger partial charge in [-0.15, -0.1) is 0 Å². The van der Waals surface area contributed by atoms with E-state index >= 15 is 0 Å². The molecular formula is C16H28N4. The third-order valence-electron chi connectivity index (χ3n) is 4.18. The van der Waals surface area contributed by atoms with Gasteiger partial charge in [0, 0.05) is 37.8 Å². The number of nitrogens with zero attached hydrogens (tertiary/aromatic N) is 3. The van der Waals surface area contributed by atoms with Gasteiger partial charge < -0.3 is 10.6 Å². The maximum absolute atomic E-state index is 6.01. The first kappa shape index (κ1) is 15.3. The van der Waals surface area contributed by atoms with E-state index in [2.05, 4.69) is 54.6 Å². The van der Waals surface area contributed by atoms with Crippen molar-refractivity contribution in [2.24, 2.45) is 5.73 Å². The molecular weight excluding hydrogens is 248 g/mol. The molecule has 0 aliphatic carbocycles. The van der Waals surface area contributed by atoms with Crippen molar-refractivity contribution in [3.05, 3.63) is 24.0 Å². The fraction of sp³-hybridized carbons (Fsp3) is 0.688. The largest absolute Gasteiger partial charge is 0.368 e. The van der Waals surface area contributed by atoms with Gasteiger partial charge >= 0.3 is 0 Å². The topological polar surface area (TPSA) is 45.4 Å². The Morgan fingerprint density at radius 3 is 2.30 bits per heavy atom. The number of piperazine rings is 1. The molecule has 1 aromatic rings. The van der Waals surface area contributed by atoms with Crippen molar-refractivity contribution in [2.75, 3.05) is 31.1 Å². The molecule has 1 aromatic heterocycles. The molecule has 4 nitrogen and oxygen atoms in total. The lowest BCUT2D eigenvalue weighted by Gasteiger charge is -2.43. The number of rotatable bonds is 3. The summed E-state index contributed by atoms with van der Waals surface area (Å²) in [4.78, 5) is 9.47. The first-order valence-electron chi connectivity index (χ1n) is 7.63. The lowest BCUT2D eigenvalue weighted by molar-refractivity contribution is 0.128. The van der Waals surface area contributed by atoms with Crippen LogP contribution in [0.25, 0.3) is 0 Å². The van der Waals surface area contributed by atoms with Crippen LogP contribution >= 0.6 is 0 Å². The Bertz CT molecular complexity index is 413. The number of hydrogen-bond donors (Lipinski definition) is 1. The van der Waals surface area contributed by atoms with Crippen molar-refractivity contribution < 1.29 is 0 Å². The number of aromatic nitrogens is 1. The molecule has 0 saturated carbocycles. The summed E-state index contributed by atoms with van der Waals surface area (Å²) >= 11 is 0. The molecule has 1 aliphatic heterocycles. The summed E-state index contributed by atoms with van der Waals surface area (Å²) in [5, 5.41) is 0. The van der Waals surface area contributed by atoms with Gasteiger partial charge in [-0.25, -0.2) is 0 Å². The minimum absolute atomic E-state index is 0.0572. The highest BCUT2D eigenvalue weighted by atomic mass is 15.3. The van der Waals surface area contributed by atoms with Gasteiger partial charge in [0.2, 0.25) is 0 Å². The van der Waals surface area contributed by atoms with Gasteiger partial charge in [0.25, 0.3) is 0 Å². The van der Waals surface area contributed by atoms with Gasteiger partial charge in [0.05, 0.1) is 17.6 Å². The zero-order valence-corrected chi connectivity index (χ0v) is 13.3. The van der Waals surface area contributed by atoms with Crippen molar-refractivity contribution in [3.8, 4) is 0 Å². The Hall–Kier alpha value is -1.13. The second-order valence-electron chi connectivity index (χ2n) is 6.60. The maximum Gasteiger partial charge on any atom is 0.0572 e. The molecule has 0 bridgehead atoms. The van der Waals surface area contributed by atoms with Crippen molar-refractivity contribution in [1.29, 1.82) is 0 Å². The Morgan fingerprint density at radius 1 is 1.20 bits per heavy atom. The molecule has 4 heteroatoms. The van der Waals surface area contributed by atoms with E-state index in [-0.39, 0.29) is 11.6 Å². The average Bonchev–Trinajstić information content (AvgIpc) is 2.46. The van der Waals surface area contributed by atoms with Crippen LogP contribution < -0.4 is 10.6 Å². The van der Waals surface area contributed by atoms with Crippen LogP contribution in [-0.4, -0.2) is 41.6 Å². The van der Waals surface area contributed by atoms with E-state index in [9.17, 15) is 0 Å². The smallest absolute Gasteiger partial charge is 0.0572 e. The summed E-state index contributed by atoms with van der Waals surface area (Å²) in [5.41, 5.74) is 8.48. The minimum atomic E-state index is 0.0572. The van der Waals surface area contributed by atoms with Gasteiger partial charge in [0.1, 0.15) is 0 Å². The van der Waals surface area contributed by atoms with Crippen LogP contribution in [0.15, 0.2) is 18.3 Å². The highest BCUT2D eigenvalue weighted by Gasteiger charge is 2.25. The van der Waals surface area contributed by atoms with E-state index in [1.807, 2.05) is 6.20 Å². The average molecular weight is 276 g/mol. The maximum atomic E-state index is 6.01. The molecule has 2 heterocycles. The fourth-order valence-electron chi connectivity index (χ4n) is 2.65. The second kappa shape index (κ2) is 6.10. The predicted molar refractivity (Wildman–Crippen MR) is 85.0 cm³/mol. The van der Waals surface area contributed by atoms with Gasteiger partial charge in [0.15, 0.2) is 0 Å². The van der Waals surface area contributed by atoms with E-state index in [0.717, 1.165) is 38.3 Å². The summed E-state index contributed by atoms with van der Waals surface area (Å²) in [5.74, 6) is 0. The van der Waals surface area contributed by atoms with Crippen LogP contribution in [0.5, 0.6) is 0 Å². The normalized spacial score (nSPS) is 19.1. The third-order valence-corrected chi connectivity index (χ3v) is 4.18. The second-order valence-corrected chi connectivity index (χ2v) is 6.60. The summed E-state index contributed by atoms with van der Waals surface area (Å²) in [7, 11) is 0. The van der Waals surface area contributed by atoms with E-state index < -0.39 is 0 Å². The van der Waals surface area contributed by atoms with Gasteiger partial charge in [-0.05, 0) is 39.3 Å². The van der Waals surface area contributed by atoms with E-state index in [0.29, 0.717) is 0 Å². The van der Waals surface area contributed by atoms with Gasteiger partial charge in [-0.1, -0.05) is 6.92 Å². The van der Waals surface area contributed by atoms with Crippen molar-refractivity contribution in [3.63, 3.8) is 0 Å². The van der Waals surface area contributed by atoms with Crippen molar-refractivity contribution in [1.82, 2.24) is 9.88 Å². The first-order valence-corrected chi connectivity index (χ1v) is 7.63. The SMILES string of the molecule is CC[C@@H](N)c1ccc(N2CCN(C(C)(C)C)CC2)cn1. The van der Waals surface area contributed by atoms with Gasteiger partial charge in [-0.2, -0.15) is 0 Å². The lowest BCUT2D eigenvalue weighted by Crippen LogP contribution is -2.53. The fourth-order valence-corrected chi connectivity index (χ4v) is 2.65. The summed E-state index contributed by atoms with van der Waals surface area (Å²) in [6.45, 7) is 13.3. The van der Waals surface area contributed by atoms with E-state index in [1.165, 1.54) is 5.69 Å². The first-order chi connectivity index (χ1) is 9.41. The molecule has 2 rings (SSSR count). The number of anilines is 1. The van der Waals surface area contributed by atoms with Crippen LogP contribution in [0, 0.1) is 0 Å². The number of pyridine rings is 1. The molecule has 2 N–H and O–H groups in total. The lowest BCUT2D eigenvalue weighted by atomic mass is 10.0. The Morgan fingerprint density at radius 2 is 1.85 bits per heavy atom. The van der Waals surface area contributed by atoms with Crippen molar-refractivity contribution in [2.45, 2.75) is 45.7 Å². The molecule has 0 amide bonds. The van der Waals surface area contributed by atoms with Crippen LogP contribution in [-0.2, 0) is 0 Å². The molecule has 0 unspecified atom stereocenters. The highest BCUT2D eigenvalue weighted by molar-refractivity contribution is 5.45. The van der Waals surface area contributed by atoms with E-state index in [1.54, 1.807) is 0 Å². The molecule has 0 radical (unpaired) electrons. The molecule has 1 fully saturated rings. The monoisotopic (exact) mass is 276 g/mol. The third kappa shape index (κ3) is 3.49. The summed E-state index contributed by atoms with van der Waals surface area (Å²) in [6.07, 6.45) is 2.90. The van der Waals surface area contributed by atoms with Crippen LogP contribution in [0.2, 0.25) is 0 Å². The number of hydrogen-bond acceptors (Lipinski definition) is 4. The van der Waals surface area contributed by atoms with Gasteiger partial charge in [-0.3, -0.25) is 9.88 Å². The quantitative estimate of drug-likeness (QED) is 0.921. The minimum Gasteiger partial charge on any atom is -0.368 e.